The number of nitrogens with zero attached hydrogens (tertiary/aromatic N) is 3. The minimum atomic E-state index is -0.262. The molecule has 0 N–H and O–H groups in total. The average molecular weight is 490 g/mol. The first-order valence-electron chi connectivity index (χ1n) is 12.6. The van der Waals surface area contributed by atoms with Gasteiger partial charge in [-0.1, -0.05) is 36.4 Å². The maximum absolute atomic E-state index is 12.5. The van der Waals surface area contributed by atoms with E-state index in [2.05, 4.69) is 80.2 Å². The van der Waals surface area contributed by atoms with Crippen molar-refractivity contribution in [1.82, 2.24) is 9.47 Å². The van der Waals surface area contributed by atoms with Gasteiger partial charge in [0, 0.05) is 57.6 Å². The number of likely N-dealkylation sites (N-methyl/N-ethyl adjacent to an activating group) is 2. The third-order valence-corrected chi connectivity index (χ3v) is 6.77. The van der Waals surface area contributed by atoms with Crippen LogP contribution in [-0.2, 0) is 23.1 Å². The third kappa shape index (κ3) is 7.08. The molecule has 3 rings (SSSR count). The Labute approximate surface area is 215 Å². The van der Waals surface area contributed by atoms with E-state index >= 15 is 0 Å². The van der Waals surface area contributed by atoms with Crippen molar-refractivity contribution in [1.29, 1.82) is 0 Å². The third-order valence-electron chi connectivity index (χ3n) is 6.77. The van der Waals surface area contributed by atoms with Crippen LogP contribution in [0.4, 0.5) is 5.69 Å². The molecule has 0 saturated heterocycles. The van der Waals surface area contributed by atoms with E-state index in [1.165, 1.54) is 26.9 Å². The van der Waals surface area contributed by atoms with Crippen molar-refractivity contribution < 1.29 is 9.53 Å². The summed E-state index contributed by atoms with van der Waals surface area (Å²) in [4.78, 5) is 29.4. The molecule has 0 amide bonds. The van der Waals surface area contributed by atoms with Crippen LogP contribution in [0.3, 0.4) is 0 Å². The van der Waals surface area contributed by atoms with E-state index in [0.717, 1.165) is 30.8 Å². The van der Waals surface area contributed by atoms with Crippen molar-refractivity contribution in [2.45, 2.75) is 39.7 Å². The molecule has 192 valence electrons. The predicted octanol–water partition coefficient (Wildman–Crippen LogP) is 4.66. The SMILES string of the molecule is CCOC(=O)CC(c1ccc(C)c(CN(C)CCN(C)c2ccccc2C)c1)c1ccn(C)c(=O)c1. The van der Waals surface area contributed by atoms with Crippen molar-refractivity contribution in [3.63, 3.8) is 0 Å². The van der Waals surface area contributed by atoms with Crippen molar-refractivity contribution >= 4 is 11.7 Å². The van der Waals surface area contributed by atoms with Crippen LogP contribution in [0.5, 0.6) is 0 Å². The minimum absolute atomic E-state index is 0.0915. The Hall–Kier alpha value is -3.38. The van der Waals surface area contributed by atoms with Crippen LogP contribution in [0.25, 0.3) is 0 Å². The van der Waals surface area contributed by atoms with Crippen molar-refractivity contribution in [2.75, 3.05) is 38.7 Å². The molecule has 36 heavy (non-hydrogen) atoms. The molecule has 0 spiro atoms. The fourth-order valence-corrected chi connectivity index (χ4v) is 4.48. The summed E-state index contributed by atoms with van der Waals surface area (Å²) in [5.41, 5.74) is 6.69. The lowest BCUT2D eigenvalue weighted by atomic mass is 9.87. The van der Waals surface area contributed by atoms with E-state index in [0.29, 0.717) is 6.61 Å². The molecule has 0 aliphatic rings. The maximum Gasteiger partial charge on any atom is 0.306 e. The summed E-state index contributed by atoms with van der Waals surface area (Å²) in [6.45, 7) is 9.02. The second-order valence-electron chi connectivity index (χ2n) is 9.60. The number of esters is 1. The van der Waals surface area contributed by atoms with E-state index in [4.69, 9.17) is 4.74 Å². The normalized spacial score (nSPS) is 12.0. The van der Waals surface area contributed by atoms with Crippen LogP contribution in [0.1, 0.15) is 47.1 Å². The molecule has 1 heterocycles. The van der Waals surface area contributed by atoms with E-state index in [9.17, 15) is 9.59 Å². The topological polar surface area (TPSA) is 54.8 Å². The first kappa shape index (κ1) is 27.2. The molecule has 2 aromatic carbocycles. The summed E-state index contributed by atoms with van der Waals surface area (Å²) in [5.74, 6) is -0.503. The summed E-state index contributed by atoms with van der Waals surface area (Å²) in [5, 5.41) is 0. The first-order chi connectivity index (χ1) is 17.2. The van der Waals surface area contributed by atoms with Gasteiger partial charge in [-0.05, 0) is 67.8 Å². The molecule has 0 fully saturated rings. The van der Waals surface area contributed by atoms with E-state index in [1.54, 1.807) is 19.3 Å². The molecule has 6 nitrogen and oxygen atoms in total. The van der Waals surface area contributed by atoms with Crippen LogP contribution in [0.15, 0.2) is 65.6 Å². The number of ether oxygens (including phenoxy) is 1. The largest absolute Gasteiger partial charge is 0.466 e. The smallest absolute Gasteiger partial charge is 0.306 e. The van der Waals surface area contributed by atoms with Crippen LogP contribution in [-0.4, -0.2) is 49.2 Å². The molecule has 1 unspecified atom stereocenters. The molecular weight excluding hydrogens is 450 g/mol. The van der Waals surface area contributed by atoms with Gasteiger partial charge in [-0.15, -0.1) is 0 Å². The predicted molar refractivity (Wildman–Crippen MR) is 147 cm³/mol. The summed E-state index contributed by atoms with van der Waals surface area (Å²) < 4.78 is 6.79. The average Bonchev–Trinajstić information content (AvgIpc) is 2.85. The number of anilines is 1. The Morgan fingerprint density at radius 3 is 2.39 bits per heavy atom. The molecule has 0 bridgehead atoms. The standard InChI is InChI=1S/C30H39N3O3/c1-7-36-30(35)20-27(25-14-15-33(6)29(34)19-25)24-13-12-22(2)26(18-24)21-31(4)16-17-32(5)28-11-9-8-10-23(28)3/h8-15,18-19,27H,7,16-17,20-21H2,1-6H3. The lowest BCUT2D eigenvalue weighted by Gasteiger charge is -2.26. The van der Waals surface area contributed by atoms with Gasteiger partial charge in [0.15, 0.2) is 0 Å². The van der Waals surface area contributed by atoms with Gasteiger partial charge in [-0.25, -0.2) is 0 Å². The zero-order chi connectivity index (χ0) is 26.2. The number of hydrogen-bond donors (Lipinski definition) is 0. The zero-order valence-electron chi connectivity index (χ0n) is 22.5. The Kier molecular flexibility index (Phi) is 9.48. The number of carbonyl (C=O) groups is 1. The highest BCUT2D eigenvalue weighted by molar-refractivity contribution is 5.71. The second kappa shape index (κ2) is 12.5. The summed E-state index contributed by atoms with van der Waals surface area (Å²) in [6, 6.07) is 18.3. The summed E-state index contributed by atoms with van der Waals surface area (Å²) in [7, 11) is 5.99. The second-order valence-corrected chi connectivity index (χ2v) is 9.60. The Morgan fingerprint density at radius 2 is 1.69 bits per heavy atom. The van der Waals surface area contributed by atoms with Crippen molar-refractivity contribution in [3.05, 3.63) is 99.0 Å². The van der Waals surface area contributed by atoms with Gasteiger partial charge in [-0.2, -0.15) is 0 Å². The fourth-order valence-electron chi connectivity index (χ4n) is 4.48. The van der Waals surface area contributed by atoms with Crippen LogP contribution in [0.2, 0.25) is 0 Å². The molecule has 0 aliphatic heterocycles. The number of aromatic nitrogens is 1. The first-order valence-corrected chi connectivity index (χ1v) is 12.6. The van der Waals surface area contributed by atoms with Crippen LogP contribution >= 0.6 is 0 Å². The summed E-state index contributed by atoms with van der Waals surface area (Å²) in [6.07, 6.45) is 1.95. The number of para-hydroxylation sites is 1. The number of hydrogen-bond acceptors (Lipinski definition) is 5. The number of pyridine rings is 1. The van der Waals surface area contributed by atoms with Gasteiger partial charge < -0.3 is 19.1 Å². The molecule has 0 saturated carbocycles. The number of aryl methyl sites for hydroxylation is 3. The Morgan fingerprint density at radius 1 is 0.972 bits per heavy atom. The van der Waals surface area contributed by atoms with Gasteiger partial charge >= 0.3 is 5.97 Å². The van der Waals surface area contributed by atoms with E-state index in [-0.39, 0.29) is 23.9 Å². The lowest BCUT2D eigenvalue weighted by molar-refractivity contribution is -0.143. The monoisotopic (exact) mass is 489 g/mol. The Bertz CT molecular complexity index is 1230. The number of benzene rings is 2. The maximum atomic E-state index is 12.5. The van der Waals surface area contributed by atoms with Gasteiger partial charge in [0.2, 0.25) is 0 Å². The van der Waals surface area contributed by atoms with Crippen molar-refractivity contribution in [2.24, 2.45) is 7.05 Å². The number of carbonyl (C=O) groups excluding carboxylic acids is 1. The van der Waals surface area contributed by atoms with Gasteiger partial charge in [0.05, 0.1) is 13.0 Å². The van der Waals surface area contributed by atoms with Crippen molar-refractivity contribution in [3.8, 4) is 0 Å². The van der Waals surface area contributed by atoms with Gasteiger partial charge in [0.25, 0.3) is 5.56 Å². The molecule has 3 aromatic rings. The Balaban J connectivity index is 1.79. The fraction of sp³-hybridized carbons (Fsp3) is 0.400. The highest BCUT2D eigenvalue weighted by Gasteiger charge is 2.21. The molecule has 6 heteroatoms. The van der Waals surface area contributed by atoms with E-state index < -0.39 is 0 Å². The van der Waals surface area contributed by atoms with Crippen LogP contribution in [0, 0.1) is 13.8 Å². The molecule has 0 aliphatic carbocycles. The molecule has 1 atom stereocenters. The minimum Gasteiger partial charge on any atom is -0.466 e. The van der Waals surface area contributed by atoms with E-state index in [1.807, 2.05) is 13.0 Å². The van der Waals surface area contributed by atoms with Crippen LogP contribution < -0.4 is 10.5 Å². The molecule has 0 radical (unpaired) electrons. The highest BCUT2D eigenvalue weighted by Crippen LogP contribution is 2.30. The zero-order valence-corrected chi connectivity index (χ0v) is 22.5. The molecular formula is C30H39N3O3. The van der Waals surface area contributed by atoms with Gasteiger partial charge in [-0.3, -0.25) is 9.59 Å². The lowest BCUT2D eigenvalue weighted by Crippen LogP contribution is -2.31. The summed E-state index contributed by atoms with van der Waals surface area (Å²) >= 11 is 0. The quantitative estimate of drug-likeness (QED) is 0.367. The highest BCUT2D eigenvalue weighted by atomic mass is 16.5. The van der Waals surface area contributed by atoms with Gasteiger partial charge in [0.1, 0.15) is 0 Å². The molecule has 1 aromatic heterocycles. The number of rotatable bonds is 11.